The van der Waals surface area contributed by atoms with Gasteiger partial charge in [0.25, 0.3) is 0 Å². The summed E-state index contributed by atoms with van der Waals surface area (Å²) in [4.78, 5) is 21.5. The maximum Gasteiger partial charge on any atom is 0.139 e. The zero-order valence-corrected chi connectivity index (χ0v) is 14.5. The Morgan fingerprint density at radius 1 is 1.25 bits per heavy atom. The fourth-order valence-electron chi connectivity index (χ4n) is 3.27. The van der Waals surface area contributed by atoms with Crippen LogP contribution in [0.3, 0.4) is 0 Å². The number of hydrogen-bond donors (Lipinski definition) is 0. The molecule has 3 nitrogen and oxygen atoms in total. The number of pyridine rings is 1. The van der Waals surface area contributed by atoms with Crippen molar-refractivity contribution in [1.82, 2.24) is 4.98 Å². The van der Waals surface area contributed by atoms with E-state index in [1.54, 1.807) is 0 Å². The van der Waals surface area contributed by atoms with Crippen LogP contribution in [-0.4, -0.2) is 16.5 Å². The Labute approximate surface area is 143 Å². The molecule has 0 aliphatic carbocycles. The number of rotatable bonds is 7. The molecule has 1 aliphatic rings. The molecule has 0 fully saturated rings. The van der Waals surface area contributed by atoms with Gasteiger partial charge in [-0.25, -0.2) is 0 Å². The van der Waals surface area contributed by atoms with Gasteiger partial charge < -0.3 is 0 Å². The van der Waals surface area contributed by atoms with Crippen molar-refractivity contribution in [1.29, 1.82) is 0 Å². The largest absolute Gasteiger partial charge is 0.299 e. The highest BCUT2D eigenvalue weighted by Gasteiger charge is 2.18. The van der Waals surface area contributed by atoms with Crippen LogP contribution in [0.2, 0.25) is 0 Å². The lowest BCUT2D eigenvalue weighted by Gasteiger charge is -2.11. The Hall–Kier alpha value is -2.29. The number of hydrogen-bond acceptors (Lipinski definition) is 3. The number of ketones is 1. The summed E-state index contributed by atoms with van der Waals surface area (Å²) in [5.74, 6) is 0.485. The molecule has 1 aromatic heterocycles. The van der Waals surface area contributed by atoms with E-state index < -0.39 is 0 Å². The first-order valence-electron chi connectivity index (χ1n) is 8.75. The highest BCUT2D eigenvalue weighted by molar-refractivity contribution is 6.03. The highest BCUT2D eigenvalue weighted by Crippen LogP contribution is 2.23. The minimum absolute atomic E-state index is 0.242. The molecule has 1 atom stereocenters. The normalized spacial score (nSPS) is 14.2. The van der Waals surface area contributed by atoms with E-state index in [2.05, 4.69) is 42.0 Å². The number of aliphatic imine (C=N–C) groups is 1. The van der Waals surface area contributed by atoms with E-state index in [1.165, 1.54) is 16.7 Å². The van der Waals surface area contributed by atoms with Crippen molar-refractivity contribution in [3.63, 3.8) is 0 Å². The molecular weight excluding hydrogens is 296 g/mol. The highest BCUT2D eigenvalue weighted by atomic mass is 16.1. The monoisotopic (exact) mass is 320 g/mol. The molecule has 1 aliphatic heterocycles. The van der Waals surface area contributed by atoms with Gasteiger partial charge in [0.1, 0.15) is 5.78 Å². The average Bonchev–Trinajstić information content (AvgIpc) is 2.98. The second kappa shape index (κ2) is 7.52. The van der Waals surface area contributed by atoms with Gasteiger partial charge >= 0.3 is 0 Å². The summed E-state index contributed by atoms with van der Waals surface area (Å²) >= 11 is 0. The van der Waals surface area contributed by atoms with Crippen LogP contribution >= 0.6 is 0 Å². The van der Waals surface area contributed by atoms with Gasteiger partial charge in [-0.15, -0.1) is 0 Å². The molecule has 124 valence electrons. The van der Waals surface area contributed by atoms with E-state index >= 15 is 0 Å². The Balaban J connectivity index is 1.62. The van der Waals surface area contributed by atoms with Gasteiger partial charge in [0.2, 0.25) is 0 Å². The van der Waals surface area contributed by atoms with E-state index in [-0.39, 0.29) is 11.7 Å². The quantitative estimate of drug-likeness (QED) is 0.754. The first kappa shape index (κ1) is 16.6. The Morgan fingerprint density at radius 2 is 2.04 bits per heavy atom. The van der Waals surface area contributed by atoms with Crippen LogP contribution < -0.4 is 0 Å². The van der Waals surface area contributed by atoms with E-state index in [1.807, 2.05) is 24.4 Å². The zero-order chi connectivity index (χ0) is 16.9. The minimum Gasteiger partial charge on any atom is -0.299 e. The Kier molecular flexibility index (Phi) is 5.19. The van der Waals surface area contributed by atoms with Crippen LogP contribution in [0.5, 0.6) is 0 Å². The van der Waals surface area contributed by atoms with Gasteiger partial charge in [-0.1, -0.05) is 50.6 Å². The van der Waals surface area contributed by atoms with Gasteiger partial charge in [0, 0.05) is 36.0 Å². The molecule has 24 heavy (non-hydrogen) atoms. The molecule has 1 aromatic carbocycles. The molecule has 0 saturated carbocycles. The molecule has 0 radical (unpaired) electrons. The topological polar surface area (TPSA) is 42.3 Å². The van der Waals surface area contributed by atoms with Crippen molar-refractivity contribution >= 4 is 11.5 Å². The first-order chi connectivity index (χ1) is 11.7. The number of aromatic nitrogens is 1. The molecule has 0 unspecified atom stereocenters. The van der Waals surface area contributed by atoms with Crippen LogP contribution in [-0.2, 0) is 17.8 Å². The summed E-state index contributed by atoms with van der Waals surface area (Å²) < 4.78 is 0. The molecule has 0 bridgehead atoms. The van der Waals surface area contributed by atoms with Crippen molar-refractivity contribution in [2.24, 2.45) is 4.99 Å². The van der Waals surface area contributed by atoms with Crippen LogP contribution in [0, 0.1) is 0 Å². The molecule has 0 spiro atoms. The zero-order valence-electron chi connectivity index (χ0n) is 14.5. The number of Topliss-reactive ketones (excluding diaryl/α,β-unsaturated/α-hetero) is 1. The molecule has 2 heterocycles. The molecule has 0 N–H and O–H groups in total. The second-order valence-electron chi connectivity index (χ2n) is 6.58. The van der Waals surface area contributed by atoms with Crippen molar-refractivity contribution in [2.45, 2.75) is 52.0 Å². The summed E-state index contributed by atoms with van der Waals surface area (Å²) in [6, 6.07) is 12.3. The molecule has 0 saturated heterocycles. The van der Waals surface area contributed by atoms with Gasteiger partial charge in [0.05, 0.1) is 6.54 Å². The smallest absolute Gasteiger partial charge is 0.139 e. The summed E-state index contributed by atoms with van der Waals surface area (Å²) in [6.07, 6.45) is 4.96. The molecule has 2 aromatic rings. The molecule has 3 rings (SSSR count). The minimum atomic E-state index is 0.242. The molecule has 3 heteroatoms. The first-order valence-corrected chi connectivity index (χ1v) is 8.75. The predicted molar refractivity (Wildman–Crippen MR) is 97.6 cm³/mol. The number of carbonyl (C=O) groups is 1. The van der Waals surface area contributed by atoms with Gasteiger partial charge in [-0.3, -0.25) is 14.8 Å². The lowest BCUT2D eigenvalue weighted by Crippen LogP contribution is -2.09. The maximum absolute atomic E-state index is 12.4. The molecular formula is C21H24N2O. The summed E-state index contributed by atoms with van der Waals surface area (Å²) in [7, 11) is 0. The second-order valence-corrected chi connectivity index (χ2v) is 6.58. The predicted octanol–water partition coefficient (Wildman–Crippen LogP) is 4.49. The Morgan fingerprint density at radius 3 is 2.79 bits per heavy atom. The number of fused-ring (bicyclic) bond motifs is 1. The number of nitrogens with zero attached hydrogens (tertiary/aromatic N) is 2. The maximum atomic E-state index is 12.4. The van der Waals surface area contributed by atoms with Crippen molar-refractivity contribution in [2.75, 3.05) is 0 Å². The van der Waals surface area contributed by atoms with Crippen molar-refractivity contribution in [3.8, 4) is 0 Å². The lowest BCUT2D eigenvalue weighted by atomic mass is 9.94. The average molecular weight is 320 g/mol. The summed E-state index contributed by atoms with van der Waals surface area (Å²) in [5, 5.41) is 0. The van der Waals surface area contributed by atoms with Crippen molar-refractivity contribution in [3.05, 3.63) is 65.0 Å². The van der Waals surface area contributed by atoms with Crippen LogP contribution in [0.1, 0.15) is 61.4 Å². The van der Waals surface area contributed by atoms with Crippen LogP contribution in [0.15, 0.2) is 47.6 Å². The van der Waals surface area contributed by atoms with Crippen LogP contribution in [0.4, 0.5) is 0 Å². The van der Waals surface area contributed by atoms with E-state index in [0.717, 1.165) is 30.8 Å². The van der Waals surface area contributed by atoms with Gasteiger partial charge in [-0.05, 0) is 29.5 Å². The summed E-state index contributed by atoms with van der Waals surface area (Å²) in [6.45, 7) is 5.00. The van der Waals surface area contributed by atoms with Gasteiger partial charge in [0.15, 0.2) is 0 Å². The summed E-state index contributed by atoms with van der Waals surface area (Å²) in [5.41, 5.74) is 5.63. The van der Waals surface area contributed by atoms with Crippen LogP contribution in [0.25, 0.3) is 0 Å². The Bertz CT molecular complexity index is 750. The standard InChI is InChI=1S/C21H24N2O/c1-3-7-21-20-14-22-18(11-17(20)13-23-21)12-19(24)10-15(2)16-8-5-4-6-9-16/h4-6,8-9,11,14-15H,3,7,10,12-13H2,1-2H3/t15-/m0/s1. The number of benzene rings is 1. The number of carbonyl (C=O) groups excluding carboxylic acids is 1. The fraction of sp³-hybridized carbons (Fsp3) is 0.381. The molecule has 0 amide bonds. The van der Waals surface area contributed by atoms with Crippen molar-refractivity contribution < 1.29 is 4.79 Å². The van der Waals surface area contributed by atoms with E-state index in [0.29, 0.717) is 12.8 Å². The van der Waals surface area contributed by atoms with E-state index in [4.69, 9.17) is 0 Å². The van der Waals surface area contributed by atoms with Gasteiger partial charge in [-0.2, -0.15) is 0 Å². The SMILES string of the molecule is CCCC1=NCc2cc(CC(=O)C[C@H](C)c3ccccc3)ncc21. The lowest BCUT2D eigenvalue weighted by molar-refractivity contribution is -0.118. The third kappa shape index (κ3) is 3.78. The third-order valence-electron chi connectivity index (χ3n) is 4.56. The third-order valence-corrected chi connectivity index (χ3v) is 4.56. The van der Waals surface area contributed by atoms with E-state index in [9.17, 15) is 4.79 Å². The fourth-order valence-corrected chi connectivity index (χ4v) is 3.27.